The summed E-state index contributed by atoms with van der Waals surface area (Å²) in [5.41, 5.74) is 2.82. The van der Waals surface area contributed by atoms with Crippen LogP contribution in [-0.2, 0) is 22.6 Å². The van der Waals surface area contributed by atoms with Crippen LogP contribution in [-0.4, -0.2) is 53.4 Å². The molecule has 2 aromatic carbocycles. The van der Waals surface area contributed by atoms with Gasteiger partial charge in [-0.3, -0.25) is 0 Å². The molecule has 11 heteroatoms. The van der Waals surface area contributed by atoms with E-state index in [0.29, 0.717) is 25.2 Å². The SMILES string of the molecule is COC(=O)c1ccc2nc(C3CC34CCN(c3nc(OCc5ccc(C#N)cc5F)ccc3F)CC4)n(C[C@@H]3CCO3)c2c1. The molecule has 4 aromatic rings. The van der Waals surface area contributed by atoms with Gasteiger partial charge in [-0.2, -0.15) is 10.2 Å². The number of ether oxygens (including phenoxy) is 3. The summed E-state index contributed by atoms with van der Waals surface area (Å²) in [6.07, 6.45) is 3.83. The van der Waals surface area contributed by atoms with Crippen molar-refractivity contribution in [3.8, 4) is 11.9 Å². The number of anilines is 1. The van der Waals surface area contributed by atoms with Gasteiger partial charge >= 0.3 is 5.97 Å². The maximum Gasteiger partial charge on any atom is 0.337 e. The molecule has 0 amide bonds. The van der Waals surface area contributed by atoms with Crippen LogP contribution in [0.2, 0.25) is 0 Å². The van der Waals surface area contributed by atoms with E-state index < -0.39 is 11.6 Å². The second-order valence-corrected chi connectivity index (χ2v) is 11.8. The summed E-state index contributed by atoms with van der Waals surface area (Å²) in [6.45, 7) is 2.61. The van der Waals surface area contributed by atoms with Gasteiger partial charge in [-0.05, 0) is 67.5 Å². The Morgan fingerprint density at radius 1 is 1.11 bits per heavy atom. The van der Waals surface area contributed by atoms with Gasteiger partial charge in [-0.25, -0.2) is 18.6 Å². The number of fused-ring (bicyclic) bond motifs is 1. The van der Waals surface area contributed by atoms with E-state index in [1.165, 1.54) is 31.4 Å². The maximum absolute atomic E-state index is 15.0. The number of halogens is 2. The van der Waals surface area contributed by atoms with Crippen LogP contribution >= 0.6 is 0 Å². The third-order valence-corrected chi connectivity index (χ3v) is 9.30. The topological polar surface area (TPSA) is 103 Å². The number of carbonyl (C=O) groups excluding carboxylic acids is 1. The van der Waals surface area contributed by atoms with E-state index in [1.807, 2.05) is 23.1 Å². The van der Waals surface area contributed by atoms with Gasteiger partial charge < -0.3 is 23.7 Å². The predicted molar refractivity (Wildman–Crippen MR) is 156 cm³/mol. The Hall–Kier alpha value is -4.56. The lowest BCUT2D eigenvalue weighted by Crippen LogP contribution is -2.36. The number of methoxy groups -OCH3 is 1. The smallest absolute Gasteiger partial charge is 0.337 e. The number of nitriles is 1. The highest BCUT2D eigenvalue weighted by Crippen LogP contribution is 2.65. The molecule has 1 saturated carbocycles. The summed E-state index contributed by atoms with van der Waals surface area (Å²) in [6, 6.07) is 14.3. The zero-order valence-electron chi connectivity index (χ0n) is 24.3. The molecule has 7 rings (SSSR count). The number of carbonyl (C=O) groups is 1. The zero-order chi connectivity index (χ0) is 30.4. The number of nitrogens with zero attached hydrogens (tertiary/aromatic N) is 5. The molecule has 9 nitrogen and oxygen atoms in total. The van der Waals surface area contributed by atoms with Gasteiger partial charge in [0.1, 0.15) is 18.2 Å². The largest absolute Gasteiger partial charge is 0.473 e. The number of hydrogen-bond acceptors (Lipinski definition) is 8. The molecule has 3 fully saturated rings. The summed E-state index contributed by atoms with van der Waals surface area (Å²) in [5, 5.41) is 8.95. The quantitative estimate of drug-likeness (QED) is 0.245. The Labute approximate surface area is 253 Å². The van der Waals surface area contributed by atoms with Crippen LogP contribution in [0.4, 0.5) is 14.6 Å². The van der Waals surface area contributed by atoms with E-state index in [4.69, 9.17) is 24.5 Å². The van der Waals surface area contributed by atoms with E-state index in [9.17, 15) is 13.6 Å². The van der Waals surface area contributed by atoms with Crippen molar-refractivity contribution in [1.29, 1.82) is 5.26 Å². The molecule has 2 aliphatic heterocycles. The van der Waals surface area contributed by atoms with Crippen LogP contribution in [0.15, 0.2) is 48.5 Å². The minimum Gasteiger partial charge on any atom is -0.473 e. The third kappa shape index (κ3) is 5.13. The maximum atomic E-state index is 15.0. The second kappa shape index (κ2) is 11.2. The molecule has 0 bridgehead atoms. The van der Waals surface area contributed by atoms with E-state index in [-0.39, 0.29) is 52.8 Å². The van der Waals surface area contributed by atoms with Gasteiger partial charge in [0.25, 0.3) is 0 Å². The van der Waals surface area contributed by atoms with E-state index in [1.54, 1.807) is 6.07 Å². The lowest BCUT2D eigenvalue weighted by molar-refractivity contribution is -0.0590. The number of esters is 1. The minimum absolute atomic E-state index is 0.0684. The first-order chi connectivity index (χ1) is 21.4. The number of pyridine rings is 1. The Morgan fingerprint density at radius 3 is 2.64 bits per heavy atom. The number of hydrogen-bond donors (Lipinski definition) is 0. The number of imidazole rings is 1. The molecule has 0 N–H and O–H groups in total. The average molecular weight is 600 g/mol. The van der Waals surface area contributed by atoms with Crippen LogP contribution in [0, 0.1) is 28.4 Å². The summed E-state index contributed by atoms with van der Waals surface area (Å²) in [4.78, 5) is 23.6. The number of rotatable bonds is 8. The highest BCUT2D eigenvalue weighted by molar-refractivity contribution is 5.93. The van der Waals surface area contributed by atoms with E-state index >= 15 is 0 Å². The van der Waals surface area contributed by atoms with Crippen molar-refractivity contribution in [1.82, 2.24) is 14.5 Å². The summed E-state index contributed by atoms with van der Waals surface area (Å²) >= 11 is 0. The lowest BCUT2D eigenvalue weighted by atomic mass is 9.90. The van der Waals surface area contributed by atoms with E-state index in [0.717, 1.165) is 55.2 Å². The second-order valence-electron chi connectivity index (χ2n) is 11.8. The molecule has 4 heterocycles. The first kappa shape index (κ1) is 28.2. The molecule has 226 valence electrons. The Bertz CT molecular complexity index is 1790. The molecule has 1 spiro atoms. The molecule has 1 unspecified atom stereocenters. The predicted octanol–water partition coefficient (Wildman–Crippen LogP) is 5.51. The molecule has 1 aliphatic carbocycles. The van der Waals surface area contributed by atoms with Gasteiger partial charge in [-0.15, -0.1) is 0 Å². The summed E-state index contributed by atoms with van der Waals surface area (Å²) in [7, 11) is 1.38. The molecule has 44 heavy (non-hydrogen) atoms. The Balaban J connectivity index is 1.06. The van der Waals surface area contributed by atoms with Crippen molar-refractivity contribution in [2.75, 3.05) is 31.7 Å². The fraction of sp³-hybridized carbons (Fsp3) is 0.394. The molecule has 2 aromatic heterocycles. The van der Waals surface area contributed by atoms with Crippen molar-refractivity contribution >= 4 is 22.8 Å². The highest BCUT2D eigenvalue weighted by Gasteiger charge is 2.57. The molecule has 0 radical (unpaired) electrons. The first-order valence-electron chi connectivity index (χ1n) is 14.8. The molecule has 2 saturated heterocycles. The number of piperidine rings is 1. The van der Waals surface area contributed by atoms with Crippen LogP contribution < -0.4 is 9.64 Å². The molecular formula is C33H31F2N5O4. The molecule has 3 aliphatic rings. The molecular weight excluding hydrogens is 568 g/mol. The Morgan fingerprint density at radius 2 is 1.93 bits per heavy atom. The van der Waals surface area contributed by atoms with Crippen molar-refractivity contribution in [2.45, 2.75) is 50.9 Å². The zero-order valence-corrected chi connectivity index (χ0v) is 24.3. The fourth-order valence-electron chi connectivity index (χ4n) is 6.51. The van der Waals surface area contributed by atoms with Gasteiger partial charge in [0, 0.05) is 37.2 Å². The van der Waals surface area contributed by atoms with Gasteiger partial charge in [-0.1, -0.05) is 6.07 Å². The Kier molecular flexibility index (Phi) is 7.17. The van der Waals surface area contributed by atoms with E-state index in [2.05, 4.69) is 9.55 Å². The highest BCUT2D eigenvalue weighted by atomic mass is 19.1. The number of benzene rings is 2. The van der Waals surface area contributed by atoms with Crippen molar-refractivity contribution in [2.24, 2.45) is 5.41 Å². The standard InChI is InChI=1S/C33H31F2N5O4/c1-42-32(41)21-4-6-27-28(15-21)40(18-23-8-13-43-23)30(37-27)24-16-33(24)9-11-39(12-10-33)31-25(34)5-7-29(38-31)44-19-22-3-2-20(17-36)14-26(22)35/h2-7,14-15,23-24H,8-13,16,18-19H2,1H3/t23-,24?/m0/s1. The normalized spacial score (nSPS) is 20.3. The number of aromatic nitrogens is 3. The van der Waals surface area contributed by atoms with Crippen LogP contribution in [0.5, 0.6) is 5.88 Å². The van der Waals surface area contributed by atoms with Crippen molar-refractivity contribution in [3.05, 3.63) is 82.7 Å². The lowest BCUT2D eigenvalue weighted by Gasteiger charge is -2.34. The van der Waals surface area contributed by atoms with Gasteiger partial charge in [0.2, 0.25) is 5.88 Å². The fourth-order valence-corrected chi connectivity index (χ4v) is 6.51. The summed E-state index contributed by atoms with van der Waals surface area (Å²) < 4.78 is 47.9. The summed E-state index contributed by atoms with van der Waals surface area (Å²) in [5.74, 6) is 0.341. The first-order valence-corrected chi connectivity index (χ1v) is 14.8. The van der Waals surface area contributed by atoms with Gasteiger partial charge in [0.05, 0.1) is 48.0 Å². The van der Waals surface area contributed by atoms with Crippen molar-refractivity contribution in [3.63, 3.8) is 0 Å². The third-order valence-electron chi connectivity index (χ3n) is 9.30. The van der Waals surface area contributed by atoms with Crippen LogP contribution in [0.3, 0.4) is 0 Å². The van der Waals surface area contributed by atoms with Crippen LogP contribution in [0.25, 0.3) is 11.0 Å². The molecule has 2 atom stereocenters. The monoisotopic (exact) mass is 599 g/mol. The van der Waals surface area contributed by atoms with Gasteiger partial charge in [0.15, 0.2) is 11.6 Å². The van der Waals surface area contributed by atoms with Crippen molar-refractivity contribution < 1.29 is 27.8 Å². The van der Waals surface area contributed by atoms with Crippen LogP contribution in [0.1, 0.15) is 58.9 Å². The minimum atomic E-state index is -0.538. The average Bonchev–Trinajstić information content (AvgIpc) is 3.59.